The molecule has 3 nitrogen and oxygen atoms in total. The van der Waals surface area contributed by atoms with E-state index in [-0.39, 0.29) is 17.7 Å². The van der Waals surface area contributed by atoms with E-state index in [1.165, 1.54) is 0 Å². The van der Waals surface area contributed by atoms with Crippen molar-refractivity contribution >= 4 is 6.72 Å². The molecule has 2 N–H and O–H groups in total. The Hall–Kier alpha value is -0.410. The first-order chi connectivity index (χ1) is 6.37. The van der Waals surface area contributed by atoms with Gasteiger partial charge in [-0.1, -0.05) is 0 Å². The summed E-state index contributed by atoms with van der Waals surface area (Å²) in [4.78, 5) is 3.91. The normalized spacial score (nSPS) is 16.4. The monoisotopic (exact) mass is 200 g/mol. The lowest BCUT2D eigenvalue weighted by Gasteiger charge is -2.27. The molecule has 0 bridgehead atoms. The van der Waals surface area contributed by atoms with Gasteiger partial charge in [0.05, 0.1) is 5.60 Å². The average Bonchev–Trinajstić information content (AvgIpc) is 2.01. The summed E-state index contributed by atoms with van der Waals surface area (Å²) >= 11 is 0. The molecule has 14 heavy (non-hydrogen) atoms. The van der Waals surface area contributed by atoms with Crippen molar-refractivity contribution in [3.05, 3.63) is 0 Å². The maximum absolute atomic E-state index is 5.74. The molecule has 0 aliphatic carbocycles. The van der Waals surface area contributed by atoms with E-state index in [2.05, 4.69) is 25.6 Å². The van der Waals surface area contributed by atoms with Gasteiger partial charge in [0.2, 0.25) is 0 Å². The van der Waals surface area contributed by atoms with Crippen LogP contribution in [0.3, 0.4) is 0 Å². The number of rotatable bonds is 7. The number of aliphatic imine (C=N–C) groups is 1. The molecule has 0 amide bonds. The Labute approximate surface area is 87.7 Å². The number of hydrogen-bond donors (Lipinski definition) is 1. The third-order valence-corrected chi connectivity index (χ3v) is 2.15. The first kappa shape index (κ1) is 13.6. The lowest BCUT2D eigenvalue weighted by atomic mass is 10.0. The highest BCUT2D eigenvalue weighted by Crippen LogP contribution is 2.16. The van der Waals surface area contributed by atoms with E-state index in [1.54, 1.807) is 0 Å². The van der Waals surface area contributed by atoms with Crippen LogP contribution in [-0.4, -0.2) is 31.0 Å². The van der Waals surface area contributed by atoms with Crippen molar-refractivity contribution in [1.29, 1.82) is 0 Å². The van der Waals surface area contributed by atoms with Crippen LogP contribution in [0.25, 0.3) is 0 Å². The number of nitrogens with two attached hydrogens (primary N) is 1. The summed E-state index contributed by atoms with van der Waals surface area (Å²) in [6.07, 6.45) is 1.80. The van der Waals surface area contributed by atoms with E-state index in [0.717, 1.165) is 19.4 Å². The zero-order valence-corrected chi connectivity index (χ0v) is 9.92. The van der Waals surface area contributed by atoms with Gasteiger partial charge in [0.25, 0.3) is 0 Å². The van der Waals surface area contributed by atoms with E-state index < -0.39 is 0 Å². The summed E-state index contributed by atoms with van der Waals surface area (Å²) in [7, 11) is 0. The van der Waals surface area contributed by atoms with Crippen LogP contribution in [-0.2, 0) is 4.74 Å². The molecule has 0 aromatic carbocycles. The van der Waals surface area contributed by atoms with Crippen LogP contribution in [0.15, 0.2) is 4.99 Å². The molecule has 0 saturated heterocycles. The van der Waals surface area contributed by atoms with E-state index in [1.807, 2.05) is 13.8 Å². The topological polar surface area (TPSA) is 47.6 Å². The van der Waals surface area contributed by atoms with Gasteiger partial charge in [0, 0.05) is 18.7 Å². The van der Waals surface area contributed by atoms with E-state index in [9.17, 15) is 0 Å². The maximum Gasteiger partial charge on any atom is 0.0641 e. The van der Waals surface area contributed by atoms with Gasteiger partial charge in [-0.25, -0.2) is 0 Å². The van der Waals surface area contributed by atoms with Gasteiger partial charge in [-0.2, -0.15) is 0 Å². The van der Waals surface area contributed by atoms with Gasteiger partial charge >= 0.3 is 0 Å². The number of nitrogens with zero attached hydrogens (tertiary/aromatic N) is 1. The molecule has 0 saturated carbocycles. The Morgan fingerprint density at radius 1 is 1.43 bits per heavy atom. The Morgan fingerprint density at radius 2 is 2.00 bits per heavy atom. The first-order valence-corrected chi connectivity index (χ1v) is 5.23. The third-order valence-electron chi connectivity index (χ3n) is 2.15. The highest BCUT2D eigenvalue weighted by Gasteiger charge is 2.20. The molecular weight excluding hydrogens is 176 g/mol. The van der Waals surface area contributed by atoms with Crippen LogP contribution >= 0.6 is 0 Å². The third kappa shape index (κ3) is 7.04. The predicted octanol–water partition coefficient (Wildman–Crippen LogP) is 2.00. The molecule has 2 atom stereocenters. The average molecular weight is 200 g/mol. The lowest BCUT2D eigenvalue weighted by molar-refractivity contribution is -0.0287. The number of hydrogen-bond acceptors (Lipinski definition) is 3. The zero-order valence-electron chi connectivity index (χ0n) is 9.92. The molecule has 0 radical (unpaired) electrons. The van der Waals surface area contributed by atoms with Crippen LogP contribution in [0.1, 0.15) is 40.5 Å². The molecule has 0 rings (SSSR count). The second-order valence-electron chi connectivity index (χ2n) is 4.61. The van der Waals surface area contributed by atoms with Gasteiger partial charge in [0.1, 0.15) is 0 Å². The van der Waals surface area contributed by atoms with Crippen molar-refractivity contribution in [3.8, 4) is 0 Å². The molecule has 0 spiro atoms. The van der Waals surface area contributed by atoms with Crippen LogP contribution in [0, 0.1) is 0 Å². The Morgan fingerprint density at radius 3 is 2.43 bits per heavy atom. The SMILES string of the molecule is C=NC(C)CCOC(C)(C)CC(C)N. The van der Waals surface area contributed by atoms with Crippen molar-refractivity contribution in [2.24, 2.45) is 10.7 Å². The van der Waals surface area contributed by atoms with Crippen LogP contribution in [0.5, 0.6) is 0 Å². The summed E-state index contributed by atoms with van der Waals surface area (Å²) in [5, 5.41) is 0. The molecule has 0 aliphatic rings. The fraction of sp³-hybridized carbons (Fsp3) is 0.909. The van der Waals surface area contributed by atoms with Gasteiger partial charge in [-0.15, -0.1) is 0 Å². The van der Waals surface area contributed by atoms with Crippen LogP contribution in [0.4, 0.5) is 0 Å². The Balaban J connectivity index is 3.70. The Kier molecular flexibility index (Phi) is 5.96. The van der Waals surface area contributed by atoms with Crippen LogP contribution < -0.4 is 5.73 Å². The molecule has 0 aromatic rings. The second kappa shape index (κ2) is 6.14. The first-order valence-electron chi connectivity index (χ1n) is 5.23. The van der Waals surface area contributed by atoms with Crippen LogP contribution in [0.2, 0.25) is 0 Å². The minimum atomic E-state index is -0.130. The van der Waals surface area contributed by atoms with E-state index in [0.29, 0.717) is 0 Å². The Bertz CT molecular complexity index is 167. The predicted molar refractivity (Wildman–Crippen MR) is 61.9 cm³/mol. The summed E-state index contributed by atoms with van der Waals surface area (Å²) < 4.78 is 5.74. The van der Waals surface area contributed by atoms with Gasteiger partial charge in [-0.3, -0.25) is 4.99 Å². The lowest BCUT2D eigenvalue weighted by Crippen LogP contribution is -2.33. The fourth-order valence-electron chi connectivity index (χ4n) is 1.43. The second-order valence-corrected chi connectivity index (χ2v) is 4.61. The molecule has 84 valence electrons. The largest absolute Gasteiger partial charge is 0.375 e. The zero-order chi connectivity index (χ0) is 11.2. The standard InChI is InChI=1S/C11H24N2O/c1-9(12)8-11(3,4)14-7-6-10(2)13-5/h9-10H,5-8,12H2,1-4H3. The number of ether oxygens (including phenoxy) is 1. The molecule has 2 unspecified atom stereocenters. The minimum Gasteiger partial charge on any atom is -0.375 e. The van der Waals surface area contributed by atoms with Gasteiger partial charge in [0.15, 0.2) is 0 Å². The van der Waals surface area contributed by atoms with Gasteiger partial charge in [-0.05, 0) is 47.3 Å². The summed E-state index contributed by atoms with van der Waals surface area (Å²) in [5.41, 5.74) is 5.60. The van der Waals surface area contributed by atoms with Crippen molar-refractivity contribution in [3.63, 3.8) is 0 Å². The van der Waals surface area contributed by atoms with Crippen molar-refractivity contribution in [2.45, 2.75) is 58.2 Å². The van der Waals surface area contributed by atoms with Gasteiger partial charge < -0.3 is 10.5 Å². The van der Waals surface area contributed by atoms with Crippen molar-refractivity contribution in [1.82, 2.24) is 0 Å². The molecule has 0 aliphatic heterocycles. The smallest absolute Gasteiger partial charge is 0.0641 e. The molecule has 0 heterocycles. The minimum absolute atomic E-state index is 0.130. The summed E-state index contributed by atoms with van der Waals surface area (Å²) in [6.45, 7) is 12.4. The van der Waals surface area contributed by atoms with E-state index >= 15 is 0 Å². The maximum atomic E-state index is 5.74. The molecule has 0 aromatic heterocycles. The van der Waals surface area contributed by atoms with E-state index in [4.69, 9.17) is 10.5 Å². The van der Waals surface area contributed by atoms with Crippen molar-refractivity contribution < 1.29 is 4.74 Å². The molecule has 0 fully saturated rings. The highest BCUT2D eigenvalue weighted by molar-refractivity contribution is 5.23. The summed E-state index contributed by atoms with van der Waals surface area (Å²) in [5.74, 6) is 0. The quantitative estimate of drug-likeness (QED) is 0.639. The fourth-order valence-corrected chi connectivity index (χ4v) is 1.43. The van der Waals surface area contributed by atoms with Crippen molar-refractivity contribution in [2.75, 3.05) is 6.61 Å². The molecule has 3 heteroatoms. The summed E-state index contributed by atoms with van der Waals surface area (Å²) in [6, 6.07) is 0.459. The highest BCUT2D eigenvalue weighted by atomic mass is 16.5. The molecular formula is C11H24N2O.